The summed E-state index contributed by atoms with van der Waals surface area (Å²) in [5.41, 5.74) is 3.71. The zero-order valence-electron chi connectivity index (χ0n) is 15.7. The molecule has 0 aliphatic carbocycles. The third kappa shape index (κ3) is 3.41. The van der Waals surface area contributed by atoms with Crippen molar-refractivity contribution in [2.24, 2.45) is 0 Å². The van der Waals surface area contributed by atoms with Crippen molar-refractivity contribution in [3.63, 3.8) is 0 Å². The molecule has 1 aliphatic heterocycles. The topological polar surface area (TPSA) is 35.5 Å². The number of benzene rings is 3. The molecule has 0 amide bonds. The molecule has 0 unspecified atom stereocenters. The van der Waals surface area contributed by atoms with Crippen molar-refractivity contribution < 1.29 is 18.7 Å². The molecule has 0 N–H and O–H groups in total. The minimum Gasteiger partial charge on any atom is -0.488 e. The van der Waals surface area contributed by atoms with Gasteiger partial charge in [0.05, 0.1) is 5.56 Å². The number of hydrogen-bond donors (Lipinski definition) is 0. The lowest BCUT2D eigenvalue weighted by Gasteiger charge is -2.12. The van der Waals surface area contributed by atoms with Gasteiger partial charge in [0.25, 0.3) is 0 Å². The average Bonchev–Trinajstić information content (AvgIpc) is 2.99. The number of rotatable bonds is 4. The molecule has 3 aromatic rings. The van der Waals surface area contributed by atoms with E-state index in [-0.39, 0.29) is 24.0 Å². The molecular formula is C24H19FO3. The van der Waals surface area contributed by atoms with E-state index in [4.69, 9.17) is 9.47 Å². The third-order valence-corrected chi connectivity index (χ3v) is 4.72. The highest BCUT2D eigenvalue weighted by Gasteiger charge is 2.30. The van der Waals surface area contributed by atoms with Crippen molar-refractivity contribution in [3.05, 3.63) is 100 Å². The van der Waals surface area contributed by atoms with Crippen molar-refractivity contribution >= 4 is 11.9 Å². The largest absolute Gasteiger partial charge is 0.488 e. The van der Waals surface area contributed by atoms with Crippen LogP contribution in [0.4, 0.5) is 4.39 Å². The second-order valence-electron chi connectivity index (χ2n) is 6.80. The summed E-state index contributed by atoms with van der Waals surface area (Å²) in [6.45, 7) is 3.93. The lowest BCUT2D eigenvalue weighted by molar-refractivity contribution is 0.101. The molecule has 0 saturated heterocycles. The monoisotopic (exact) mass is 374 g/mol. The van der Waals surface area contributed by atoms with Crippen LogP contribution in [0.2, 0.25) is 0 Å². The van der Waals surface area contributed by atoms with Gasteiger partial charge in [-0.1, -0.05) is 48.0 Å². The summed E-state index contributed by atoms with van der Waals surface area (Å²) in [5, 5.41) is 0. The third-order valence-electron chi connectivity index (χ3n) is 4.72. The number of allylic oxidation sites excluding steroid dienone is 1. The van der Waals surface area contributed by atoms with E-state index >= 15 is 0 Å². The summed E-state index contributed by atoms with van der Waals surface area (Å²) >= 11 is 0. The number of halogens is 1. The number of Topliss-reactive ketones (excluding diaryl/α,β-unsaturated/α-hetero) is 1. The van der Waals surface area contributed by atoms with Gasteiger partial charge >= 0.3 is 0 Å². The van der Waals surface area contributed by atoms with Gasteiger partial charge in [-0.05, 0) is 43.7 Å². The molecule has 0 spiro atoms. The van der Waals surface area contributed by atoms with E-state index in [2.05, 4.69) is 0 Å². The lowest BCUT2D eigenvalue weighted by Crippen LogP contribution is -2.00. The van der Waals surface area contributed by atoms with Crippen LogP contribution in [0.5, 0.6) is 11.5 Å². The highest BCUT2D eigenvalue weighted by molar-refractivity contribution is 6.14. The van der Waals surface area contributed by atoms with Gasteiger partial charge in [0, 0.05) is 11.1 Å². The summed E-state index contributed by atoms with van der Waals surface area (Å²) in [6.07, 6.45) is 1.74. The number of ketones is 1. The van der Waals surface area contributed by atoms with Crippen LogP contribution in [0, 0.1) is 19.7 Å². The molecule has 140 valence electrons. The van der Waals surface area contributed by atoms with Gasteiger partial charge in [-0.15, -0.1) is 0 Å². The van der Waals surface area contributed by atoms with Crippen LogP contribution in [-0.4, -0.2) is 5.78 Å². The Morgan fingerprint density at radius 1 is 1.04 bits per heavy atom. The van der Waals surface area contributed by atoms with Crippen molar-refractivity contribution in [1.29, 1.82) is 0 Å². The number of fused-ring (bicyclic) bond motifs is 1. The fourth-order valence-electron chi connectivity index (χ4n) is 3.21. The van der Waals surface area contributed by atoms with Crippen molar-refractivity contribution in [2.45, 2.75) is 20.5 Å². The maximum absolute atomic E-state index is 13.8. The normalized spacial score (nSPS) is 14.1. The van der Waals surface area contributed by atoms with Crippen LogP contribution in [0.3, 0.4) is 0 Å². The van der Waals surface area contributed by atoms with Gasteiger partial charge in [-0.2, -0.15) is 0 Å². The Kier molecular flexibility index (Phi) is 4.70. The van der Waals surface area contributed by atoms with E-state index in [0.29, 0.717) is 22.6 Å². The summed E-state index contributed by atoms with van der Waals surface area (Å²) in [4.78, 5) is 12.7. The molecule has 0 saturated carbocycles. The first-order chi connectivity index (χ1) is 13.5. The molecule has 3 aromatic carbocycles. The van der Waals surface area contributed by atoms with Gasteiger partial charge in [0.2, 0.25) is 5.78 Å². The molecule has 1 aliphatic rings. The van der Waals surface area contributed by atoms with Gasteiger partial charge in [-0.3, -0.25) is 4.79 Å². The average molecular weight is 374 g/mol. The SMILES string of the molecule is Cc1cccc(/C=C2\Oc3c(ccc(OCc4ccccc4F)c3C)C2=O)c1. The summed E-state index contributed by atoms with van der Waals surface area (Å²) < 4.78 is 25.4. The highest BCUT2D eigenvalue weighted by atomic mass is 19.1. The molecule has 0 fully saturated rings. The fourth-order valence-corrected chi connectivity index (χ4v) is 3.21. The highest BCUT2D eigenvalue weighted by Crippen LogP contribution is 2.39. The van der Waals surface area contributed by atoms with E-state index in [1.165, 1.54) is 6.07 Å². The van der Waals surface area contributed by atoms with Crippen molar-refractivity contribution in [2.75, 3.05) is 0 Å². The first kappa shape index (κ1) is 18.0. The van der Waals surface area contributed by atoms with E-state index in [0.717, 1.165) is 16.7 Å². The Morgan fingerprint density at radius 3 is 2.64 bits per heavy atom. The number of ether oxygens (including phenoxy) is 2. The smallest absolute Gasteiger partial charge is 0.231 e. The Labute approximate surface area is 163 Å². The lowest BCUT2D eigenvalue weighted by atomic mass is 10.1. The zero-order chi connectivity index (χ0) is 19.7. The standard InChI is InChI=1S/C24H19FO3/c1-15-6-5-7-17(12-15)13-22-23(26)19-10-11-21(16(2)24(19)28-22)27-14-18-8-3-4-9-20(18)25/h3-13H,14H2,1-2H3/b22-13-. The van der Waals surface area contributed by atoms with Crippen LogP contribution < -0.4 is 9.47 Å². The Bertz CT molecular complexity index is 1100. The first-order valence-corrected chi connectivity index (χ1v) is 9.03. The maximum Gasteiger partial charge on any atom is 0.231 e. The molecule has 0 bridgehead atoms. The van der Waals surface area contributed by atoms with Crippen LogP contribution in [0.1, 0.15) is 32.6 Å². The van der Waals surface area contributed by atoms with Crippen LogP contribution in [0.15, 0.2) is 66.4 Å². The molecular weight excluding hydrogens is 355 g/mol. The minimum atomic E-state index is -0.309. The molecule has 0 atom stereocenters. The number of carbonyl (C=O) groups is 1. The van der Waals surface area contributed by atoms with E-state index in [1.54, 1.807) is 36.4 Å². The summed E-state index contributed by atoms with van der Waals surface area (Å²) in [7, 11) is 0. The molecule has 4 heteroatoms. The molecule has 28 heavy (non-hydrogen) atoms. The Balaban J connectivity index is 1.59. The second kappa shape index (κ2) is 7.31. The molecule has 0 aromatic heterocycles. The Hall–Kier alpha value is -3.40. The molecule has 0 radical (unpaired) electrons. The molecule has 3 nitrogen and oxygen atoms in total. The number of hydrogen-bond acceptors (Lipinski definition) is 3. The van der Waals surface area contributed by atoms with Gasteiger partial charge < -0.3 is 9.47 Å². The predicted molar refractivity (Wildman–Crippen MR) is 106 cm³/mol. The van der Waals surface area contributed by atoms with E-state index in [1.807, 2.05) is 38.1 Å². The number of carbonyl (C=O) groups excluding carboxylic acids is 1. The number of aryl methyl sites for hydroxylation is 1. The van der Waals surface area contributed by atoms with Crippen molar-refractivity contribution in [1.82, 2.24) is 0 Å². The molecule has 4 rings (SSSR count). The van der Waals surface area contributed by atoms with E-state index in [9.17, 15) is 9.18 Å². The molecule has 1 heterocycles. The summed E-state index contributed by atoms with van der Waals surface area (Å²) in [5.74, 6) is 0.882. The zero-order valence-corrected chi connectivity index (χ0v) is 15.7. The fraction of sp³-hybridized carbons (Fsp3) is 0.125. The van der Waals surface area contributed by atoms with Gasteiger partial charge in [0.1, 0.15) is 23.9 Å². The predicted octanol–water partition coefficient (Wildman–Crippen LogP) is 5.64. The second-order valence-corrected chi connectivity index (χ2v) is 6.80. The quantitative estimate of drug-likeness (QED) is 0.555. The summed E-state index contributed by atoms with van der Waals surface area (Å²) in [6, 6.07) is 17.8. The first-order valence-electron chi connectivity index (χ1n) is 9.03. The van der Waals surface area contributed by atoms with Crippen LogP contribution >= 0.6 is 0 Å². The Morgan fingerprint density at radius 2 is 1.86 bits per heavy atom. The van der Waals surface area contributed by atoms with Crippen LogP contribution in [0.25, 0.3) is 6.08 Å². The van der Waals surface area contributed by atoms with Gasteiger partial charge in [-0.25, -0.2) is 4.39 Å². The van der Waals surface area contributed by atoms with Crippen LogP contribution in [-0.2, 0) is 6.61 Å². The van der Waals surface area contributed by atoms with Gasteiger partial charge in [0.15, 0.2) is 5.76 Å². The minimum absolute atomic E-state index is 0.103. The maximum atomic E-state index is 13.8. The van der Waals surface area contributed by atoms with E-state index < -0.39 is 0 Å². The van der Waals surface area contributed by atoms with Crippen molar-refractivity contribution in [3.8, 4) is 11.5 Å².